The molecule has 1 saturated carbocycles. The number of hydrogen-bond acceptors (Lipinski definition) is 2. The Hall–Kier alpha value is -1.06. The first-order chi connectivity index (χ1) is 9.45. The molecule has 1 N–H and O–H groups in total. The molecule has 2 aliphatic rings. The van der Waals surface area contributed by atoms with E-state index in [1.807, 2.05) is 4.90 Å². The van der Waals surface area contributed by atoms with Crippen LogP contribution in [-0.2, 0) is 9.59 Å². The SMILES string of the molecule is CCC(C)(C)N1CCC(=O)NC(C2CCCCC2)C1=O. The number of hydrogen-bond donors (Lipinski definition) is 1. The molecule has 4 heteroatoms. The van der Waals surface area contributed by atoms with Gasteiger partial charge in [-0.15, -0.1) is 0 Å². The fraction of sp³-hybridized carbons (Fsp3) is 0.875. The van der Waals surface area contributed by atoms with Crippen LogP contribution in [0.15, 0.2) is 0 Å². The monoisotopic (exact) mass is 280 g/mol. The first-order valence-electron chi connectivity index (χ1n) is 8.06. The Kier molecular flexibility index (Phi) is 4.71. The third-order valence-electron chi connectivity index (χ3n) is 5.13. The van der Waals surface area contributed by atoms with Crippen LogP contribution in [0.3, 0.4) is 0 Å². The molecule has 1 unspecified atom stereocenters. The predicted octanol–water partition coefficient (Wildman–Crippen LogP) is 2.47. The summed E-state index contributed by atoms with van der Waals surface area (Å²) >= 11 is 0. The Balaban J connectivity index is 2.20. The molecule has 114 valence electrons. The van der Waals surface area contributed by atoms with E-state index < -0.39 is 0 Å². The third kappa shape index (κ3) is 3.15. The lowest BCUT2D eigenvalue weighted by molar-refractivity contribution is -0.140. The second-order valence-electron chi connectivity index (χ2n) is 6.85. The minimum Gasteiger partial charge on any atom is -0.344 e. The molecule has 2 fully saturated rings. The summed E-state index contributed by atoms with van der Waals surface area (Å²) < 4.78 is 0. The zero-order valence-corrected chi connectivity index (χ0v) is 13.1. The topological polar surface area (TPSA) is 49.4 Å². The van der Waals surface area contributed by atoms with Crippen LogP contribution in [0.25, 0.3) is 0 Å². The highest BCUT2D eigenvalue weighted by Gasteiger charge is 2.40. The van der Waals surface area contributed by atoms with Gasteiger partial charge in [-0.1, -0.05) is 26.2 Å². The van der Waals surface area contributed by atoms with Crippen LogP contribution in [0, 0.1) is 5.92 Å². The summed E-state index contributed by atoms with van der Waals surface area (Å²) in [6.07, 6.45) is 7.09. The first kappa shape index (κ1) is 15.3. The van der Waals surface area contributed by atoms with E-state index in [1.54, 1.807) is 0 Å². The lowest BCUT2D eigenvalue weighted by Gasteiger charge is -2.40. The highest BCUT2D eigenvalue weighted by molar-refractivity contribution is 5.90. The summed E-state index contributed by atoms with van der Waals surface area (Å²) in [6.45, 7) is 6.84. The predicted molar refractivity (Wildman–Crippen MR) is 79.2 cm³/mol. The van der Waals surface area contributed by atoms with E-state index in [4.69, 9.17) is 0 Å². The van der Waals surface area contributed by atoms with Crippen molar-refractivity contribution in [2.75, 3.05) is 6.54 Å². The first-order valence-corrected chi connectivity index (χ1v) is 8.06. The summed E-state index contributed by atoms with van der Waals surface area (Å²) in [5, 5.41) is 2.99. The van der Waals surface area contributed by atoms with Gasteiger partial charge < -0.3 is 10.2 Å². The molecule has 0 radical (unpaired) electrons. The number of carbonyl (C=O) groups is 2. The molecule has 0 bridgehead atoms. The Morgan fingerprint density at radius 2 is 1.85 bits per heavy atom. The Morgan fingerprint density at radius 1 is 1.20 bits per heavy atom. The molecule has 0 aromatic carbocycles. The molecule has 1 saturated heterocycles. The Labute approximate surface area is 122 Å². The van der Waals surface area contributed by atoms with Gasteiger partial charge in [0.1, 0.15) is 6.04 Å². The minimum atomic E-state index is -0.295. The van der Waals surface area contributed by atoms with Crippen LogP contribution < -0.4 is 5.32 Å². The fourth-order valence-corrected chi connectivity index (χ4v) is 3.38. The van der Waals surface area contributed by atoms with Crippen LogP contribution in [-0.4, -0.2) is 34.8 Å². The second kappa shape index (κ2) is 6.15. The van der Waals surface area contributed by atoms with Crippen molar-refractivity contribution in [2.24, 2.45) is 5.92 Å². The molecule has 0 spiro atoms. The zero-order chi connectivity index (χ0) is 14.8. The molecular formula is C16H28N2O2. The van der Waals surface area contributed by atoms with Crippen molar-refractivity contribution in [1.82, 2.24) is 10.2 Å². The smallest absolute Gasteiger partial charge is 0.245 e. The standard InChI is InChI=1S/C16H28N2O2/c1-4-16(2,3)18-11-10-13(19)17-14(15(18)20)12-8-6-5-7-9-12/h12,14H,4-11H2,1-3H3,(H,17,19). The summed E-state index contributed by atoms with van der Waals surface area (Å²) in [5.74, 6) is 0.492. The van der Waals surface area contributed by atoms with Crippen molar-refractivity contribution in [3.05, 3.63) is 0 Å². The van der Waals surface area contributed by atoms with E-state index in [-0.39, 0.29) is 23.4 Å². The van der Waals surface area contributed by atoms with E-state index in [9.17, 15) is 9.59 Å². The Morgan fingerprint density at radius 3 is 2.45 bits per heavy atom. The summed E-state index contributed by atoms with van der Waals surface area (Å²) in [7, 11) is 0. The zero-order valence-electron chi connectivity index (χ0n) is 13.1. The number of rotatable bonds is 3. The molecule has 20 heavy (non-hydrogen) atoms. The van der Waals surface area contributed by atoms with Gasteiger partial charge in [-0.2, -0.15) is 0 Å². The maximum absolute atomic E-state index is 12.9. The highest BCUT2D eigenvalue weighted by atomic mass is 16.2. The van der Waals surface area contributed by atoms with Crippen LogP contribution in [0.5, 0.6) is 0 Å². The molecule has 1 atom stereocenters. The molecular weight excluding hydrogens is 252 g/mol. The summed E-state index contributed by atoms with van der Waals surface area (Å²) in [4.78, 5) is 26.8. The quantitative estimate of drug-likeness (QED) is 0.863. The van der Waals surface area contributed by atoms with E-state index in [0.29, 0.717) is 18.9 Å². The van der Waals surface area contributed by atoms with Crippen molar-refractivity contribution in [3.8, 4) is 0 Å². The van der Waals surface area contributed by atoms with Crippen LogP contribution in [0.2, 0.25) is 0 Å². The van der Waals surface area contributed by atoms with Crippen molar-refractivity contribution in [1.29, 1.82) is 0 Å². The van der Waals surface area contributed by atoms with Crippen molar-refractivity contribution < 1.29 is 9.59 Å². The Bertz CT molecular complexity index is 373. The van der Waals surface area contributed by atoms with Crippen LogP contribution in [0.4, 0.5) is 0 Å². The lowest BCUT2D eigenvalue weighted by atomic mass is 9.83. The molecule has 1 aliphatic heterocycles. The van der Waals surface area contributed by atoms with Gasteiger partial charge in [0.25, 0.3) is 0 Å². The van der Waals surface area contributed by atoms with Gasteiger partial charge in [0.05, 0.1) is 0 Å². The van der Waals surface area contributed by atoms with E-state index in [0.717, 1.165) is 19.3 Å². The van der Waals surface area contributed by atoms with Crippen molar-refractivity contribution >= 4 is 11.8 Å². The molecule has 0 aromatic heterocycles. The number of amides is 2. The average Bonchev–Trinajstić information content (AvgIpc) is 2.59. The minimum absolute atomic E-state index is 0.0309. The largest absolute Gasteiger partial charge is 0.344 e. The molecule has 2 amide bonds. The maximum Gasteiger partial charge on any atom is 0.245 e. The molecule has 2 rings (SSSR count). The lowest BCUT2D eigenvalue weighted by Crippen LogP contribution is -2.55. The van der Waals surface area contributed by atoms with E-state index in [2.05, 4.69) is 26.1 Å². The normalized spacial score (nSPS) is 26.4. The van der Waals surface area contributed by atoms with Gasteiger partial charge in [0.2, 0.25) is 11.8 Å². The molecule has 1 heterocycles. The maximum atomic E-state index is 12.9. The third-order valence-corrected chi connectivity index (χ3v) is 5.13. The van der Waals surface area contributed by atoms with Crippen LogP contribution >= 0.6 is 0 Å². The molecule has 4 nitrogen and oxygen atoms in total. The van der Waals surface area contributed by atoms with Crippen molar-refractivity contribution in [3.63, 3.8) is 0 Å². The number of nitrogens with one attached hydrogen (secondary N) is 1. The van der Waals surface area contributed by atoms with Gasteiger partial charge in [-0.25, -0.2) is 0 Å². The number of nitrogens with zero attached hydrogens (tertiary/aromatic N) is 1. The van der Waals surface area contributed by atoms with Crippen molar-refractivity contribution in [2.45, 2.75) is 77.3 Å². The fourth-order valence-electron chi connectivity index (χ4n) is 3.38. The molecule has 0 aromatic rings. The summed E-state index contributed by atoms with van der Waals surface area (Å²) in [6, 6.07) is -0.295. The number of carbonyl (C=O) groups excluding carboxylic acids is 2. The van der Waals surface area contributed by atoms with Gasteiger partial charge in [-0.05, 0) is 39.0 Å². The molecule has 1 aliphatic carbocycles. The van der Waals surface area contributed by atoms with E-state index in [1.165, 1.54) is 19.3 Å². The highest BCUT2D eigenvalue weighted by Crippen LogP contribution is 2.30. The van der Waals surface area contributed by atoms with Gasteiger partial charge in [0.15, 0.2) is 0 Å². The van der Waals surface area contributed by atoms with Gasteiger partial charge in [-0.3, -0.25) is 9.59 Å². The van der Waals surface area contributed by atoms with Gasteiger partial charge >= 0.3 is 0 Å². The summed E-state index contributed by atoms with van der Waals surface area (Å²) in [5.41, 5.74) is -0.170. The van der Waals surface area contributed by atoms with E-state index >= 15 is 0 Å². The van der Waals surface area contributed by atoms with Crippen LogP contribution in [0.1, 0.15) is 65.7 Å². The van der Waals surface area contributed by atoms with Gasteiger partial charge in [0, 0.05) is 18.5 Å². The average molecular weight is 280 g/mol. The second-order valence-corrected chi connectivity index (χ2v) is 6.85.